The van der Waals surface area contributed by atoms with Gasteiger partial charge in [-0.2, -0.15) is 5.10 Å². The summed E-state index contributed by atoms with van der Waals surface area (Å²) >= 11 is 0. The van der Waals surface area contributed by atoms with E-state index < -0.39 is 0 Å². The van der Waals surface area contributed by atoms with Crippen LogP contribution in [0.2, 0.25) is 0 Å². The van der Waals surface area contributed by atoms with E-state index in [0.717, 1.165) is 24.5 Å². The van der Waals surface area contributed by atoms with E-state index in [0.29, 0.717) is 5.92 Å². The average Bonchev–Trinajstić information content (AvgIpc) is 2.73. The summed E-state index contributed by atoms with van der Waals surface area (Å²) in [5, 5.41) is 4.43. The number of aromatic nitrogens is 3. The lowest BCUT2D eigenvalue weighted by molar-refractivity contribution is 0.410. The standard InChI is InChI=1S/C11H20N4/c1-8(2)9-13-10(15(3)14-9)11(12)6-4-5-7-11/h8H,4-7,12H2,1-3H3. The lowest BCUT2D eigenvalue weighted by Gasteiger charge is -2.21. The molecule has 0 saturated heterocycles. The fourth-order valence-electron chi connectivity index (χ4n) is 2.31. The Bertz CT molecular complexity index is 347. The summed E-state index contributed by atoms with van der Waals surface area (Å²) in [6.07, 6.45) is 4.49. The van der Waals surface area contributed by atoms with Crippen LogP contribution in [0.15, 0.2) is 0 Å². The van der Waals surface area contributed by atoms with Crippen LogP contribution < -0.4 is 5.73 Å². The van der Waals surface area contributed by atoms with Gasteiger partial charge >= 0.3 is 0 Å². The number of nitrogens with zero attached hydrogens (tertiary/aromatic N) is 3. The lowest BCUT2D eigenvalue weighted by Crippen LogP contribution is -2.36. The van der Waals surface area contributed by atoms with Crippen LogP contribution in [0.25, 0.3) is 0 Å². The summed E-state index contributed by atoms with van der Waals surface area (Å²) in [6, 6.07) is 0. The number of nitrogens with two attached hydrogens (primary N) is 1. The number of hydrogen-bond donors (Lipinski definition) is 1. The van der Waals surface area contributed by atoms with Gasteiger partial charge in [0.05, 0.1) is 5.54 Å². The molecule has 1 aromatic rings. The second-order valence-corrected chi connectivity index (χ2v) is 4.94. The van der Waals surface area contributed by atoms with Gasteiger partial charge in [0.2, 0.25) is 0 Å². The summed E-state index contributed by atoms with van der Waals surface area (Å²) in [5.74, 6) is 2.24. The molecule has 1 aliphatic rings. The molecule has 2 rings (SSSR count). The van der Waals surface area contributed by atoms with Crippen molar-refractivity contribution in [2.24, 2.45) is 12.8 Å². The molecular formula is C11H20N4. The summed E-state index contributed by atoms with van der Waals surface area (Å²) in [6.45, 7) is 4.22. The second-order valence-electron chi connectivity index (χ2n) is 4.94. The first kappa shape index (κ1) is 10.6. The quantitative estimate of drug-likeness (QED) is 0.804. The Kier molecular flexibility index (Phi) is 2.54. The van der Waals surface area contributed by atoms with Gasteiger partial charge in [-0.25, -0.2) is 4.98 Å². The van der Waals surface area contributed by atoms with Gasteiger partial charge in [0.15, 0.2) is 5.82 Å². The van der Waals surface area contributed by atoms with Crippen LogP contribution in [-0.4, -0.2) is 14.8 Å². The Morgan fingerprint density at radius 3 is 2.40 bits per heavy atom. The highest BCUT2D eigenvalue weighted by Crippen LogP contribution is 2.35. The Balaban J connectivity index is 2.35. The van der Waals surface area contributed by atoms with Gasteiger partial charge < -0.3 is 5.73 Å². The zero-order valence-corrected chi connectivity index (χ0v) is 9.82. The average molecular weight is 208 g/mol. The molecule has 2 N–H and O–H groups in total. The third-order valence-corrected chi connectivity index (χ3v) is 3.24. The van der Waals surface area contributed by atoms with E-state index >= 15 is 0 Å². The topological polar surface area (TPSA) is 56.7 Å². The molecule has 0 radical (unpaired) electrons. The SMILES string of the molecule is CC(C)c1nc(C2(N)CCCC2)n(C)n1. The van der Waals surface area contributed by atoms with Crippen molar-refractivity contribution >= 4 is 0 Å². The largest absolute Gasteiger partial charge is 0.319 e. The van der Waals surface area contributed by atoms with E-state index in [1.165, 1.54) is 12.8 Å². The molecule has 4 nitrogen and oxygen atoms in total. The van der Waals surface area contributed by atoms with Crippen molar-refractivity contribution in [1.29, 1.82) is 0 Å². The molecule has 1 aromatic heterocycles. The molecular weight excluding hydrogens is 188 g/mol. The van der Waals surface area contributed by atoms with Gasteiger partial charge in [0.25, 0.3) is 0 Å². The van der Waals surface area contributed by atoms with Crippen molar-refractivity contribution in [3.05, 3.63) is 11.6 Å². The molecule has 4 heteroatoms. The highest BCUT2D eigenvalue weighted by Gasteiger charge is 2.35. The van der Waals surface area contributed by atoms with Gasteiger partial charge in [0.1, 0.15) is 5.82 Å². The van der Waals surface area contributed by atoms with Crippen LogP contribution >= 0.6 is 0 Å². The first-order chi connectivity index (χ1) is 7.03. The normalized spacial score (nSPS) is 20.1. The molecule has 1 saturated carbocycles. The monoisotopic (exact) mass is 208 g/mol. The Labute approximate surface area is 90.9 Å². The van der Waals surface area contributed by atoms with Crippen molar-refractivity contribution in [2.45, 2.75) is 51.0 Å². The van der Waals surface area contributed by atoms with Crippen LogP contribution in [0.5, 0.6) is 0 Å². The maximum absolute atomic E-state index is 6.37. The molecule has 0 aromatic carbocycles. The van der Waals surface area contributed by atoms with Gasteiger partial charge in [-0.05, 0) is 12.8 Å². The first-order valence-electron chi connectivity index (χ1n) is 5.73. The maximum Gasteiger partial charge on any atom is 0.153 e. The minimum Gasteiger partial charge on any atom is -0.319 e. The predicted octanol–water partition coefficient (Wildman–Crippen LogP) is 1.67. The first-order valence-corrected chi connectivity index (χ1v) is 5.73. The van der Waals surface area contributed by atoms with Crippen molar-refractivity contribution in [2.75, 3.05) is 0 Å². The molecule has 0 spiro atoms. The van der Waals surface area contributed by atoms with Crippen LogP contribution in [0, 0.1) is 0 Å². The minimum absolute atomic E-state index is 0.227. The van der Waals surface area contributed by atoms with E-state index in [9.17, 15) is 0 Å². The fraction of sp³-hybridized carbons (Fsp3) is 0.818. The molecule has 0 amide bonds. The molecule has 0 aliphatic heterocycles. The number of aryl methyl sites for hydroxylation is 1. The zero-order valence-electron chi connectivity index (χ0n) is 9.82. The number of rotatable bonds is 2. The molecule has 1 aliphatic carbocycles. The van der Waals surface area contributed by atoms with Crippen LogP contribution in [0.4, 0.5) is 0 Å². The van der Waals surface area contributed by atoms with Crippen LogP contribution in [0.1, 0.15) is 57.1 Å². The third kappa shape index (κ3) is 1.78. The van der Waals surface area contributed by atoms with Crippen LogP contribution in [-0.2, 0) is 12.6 Å². The van der Waals surface area contributed by atoms with Gasteiger partial charge in [-0.1, -0.05) is 26.7 Å². The van der Waals surface area contributed by atoms with Crippen molar-refractivity contribution in [3.8, 4) is 0 Å². The van der Waals surface area contributed by atoms with Crippen molar-refractivity contribution in [3.63, 3.8) is 0 Å². The molecule has 84 valence electrons. The predicted molar refractivity (Wildman–Crippen MR) is 59.4 cm³/mol. The number of hydrogen-bond acceptors (Lipinski definition) is 3. The highest BCUT2D eigenvalue weighted by molar-refractivity contribution is 5.10. The second kappa shape index (κ2) is 3.59. The summed E-state index contributed by atoms with van der Waals surface area (Å²) in [7, 11) is 1.95. The van der Waals surface area contributed by atoms with E-state index in [-0.39, 0.29) is 5.54 Å². The van der Waals surface area contributed by atoms with E-state index in [4.69, 9.17) is 5.73 Å². The van der Waals surface area contributed by atoms with Crippen LogP contribution in [0.3, 0.4) is 0 Å². The molecule has 0 bridgehead atoms. The summed E-state index contributed by atoms with van der Waals surface area (Å²) in [5.41, 5.74) is 6.14. The molecule has 0 atom stereocenters. The molecule has 1 heterocycles. The molecule has 1 fully saturated rings. The zero-order chi connectivity index (χ0) is 11.1. The Morgan fingerprint density at radius 1 is 1.33 bits per heavy atom. The van der Waals surface area contributed by atoms with E-state index in [1.54, 1.807) is 0 Å². The fourth-order valence-corrected chi connectivity index (χ4v) is 2.31. The summed E-state index contributed by atoms with van der Waals surface area (Å²) in [4.78, 5) is 4.59. The Hall–Kier alpha value is -0.900. The van der Waals surface area contributed by atoms with Crippen molar-refractivity contribution < 1.29 is 0 Å². The Morgan fingerprint density at radius 2 is 1.93 bits per heavy atom. The van der Waals surface area contributed by atoms with Gasteiger partial charge in [-0.3, -0.25) is 4.68 Å². The van der Waals surface area contributed by atoms with Gasteiger partial charge in [-0.15, -0.1) is 0 Å². The van der Waals surface area contributed by atoms with Gasteiger partial charge in [0, 0.05) is 13.0 Å². The maximum atomic E-state index is 6.37. The highest BCUT2D eigenvalue weighted by atomic mass is 15.3. The van der Waals surface area contributed by atoms with E-state index in [1.807, 2.05) is 11.7 Å². The third-order valence-electron chi connectivity index (χ3n) is 3.24. The molecule has 15 heavy (non-hydrogen) atoms. The molecule has 0 unspecified atom stereocenters. The lowest BCUT2D eigenvalue weighted by atomic mass is 9.98. The van der Waals surface area contributed by atoms with Crippen molar-refractivity contribution in [1.82, 2.24) is 14.8 Å². The van der Waals surface area contributed by atoms with E-state index in [2.05, 4.69) is 23.9 Å². The minimum atomic E-state index is -0.227. The summed E-state index contributed by atoms with van der Waals surface area (Å²) < 4.78 is 1.86. The smallest absolute Gasteiger partial charge is 0.153 e.